The number of methoxy groups -OCH3 is 1. The summed E-state index contributed by atoms with van der Waals surface area (Å²) in [5, 5.41) is 8.03. The molecule has 3 aromatic carbocycles. The van der Waals surface area contributed by atoms with Crippen molar-refractivity contribution in [2.75, 3.05) is 39.6 Å². The van der Waals surface area contributed by atoms with E-state index in [1.54, 1.807) is 54.6 Å². The molecule has 1 saturated carbocycles. The van der Waals surface area contributed by atoms with Crippen LogP contribution in [0.5, 0.6) is 0 Å². The number of likely N-dealkylation sites (tertiary alicyclic amines) is 1. The van der Waals surface area contributed by atoms with Crippen LogP contribution in [0.1, 0.15) is 61.6 Å². The van der Waals surface area contributed by atoms with Gasteiger partial charge in [-0.05, 0) is 68.1 Å². The molecule has 11 nitrogen and oxygen atoms in total. The molecule has 5 rings (SSSR count). The highest BCUT2D eigenvalue weighted by Gasteiger charge is 2.43. The number of benzene rings is 3. The average molecular weight is 794 g/mol. The van der Waals surface area contributed by atoms with Gasteiger partial charge in [0.25, 0.3) is 5.91 Å². The molecule has 56 heavy (non-hydrogen) atoms. The molecule has 0 bridgehead atoms. The minimum absolute atomic E-state index is 0.0587. The van der Waals surface area contributed by atoms with E-state index in [1.165, 1.54) is 19.2 Å². The van der Waals surface area contributed by atoms with Crippen molar-refractivity contribution in [2.45, 2.75) is 81.8 Å². The normalized spacial score (nSPS) is 17.6. The molecular formula is C42H50ClF2N5O6. The van der Waals surface area contributed by atoms with E-state index >= 15 is 8.78 Å². The Morgan fingerprint density at radius 2 is 1.55 bits per heavy atom. The zero-order chi connectivity index (χ0) is 40.5. The van der Waals surface area contributed by atoms with Gasteiger partial charge in [-0.3, -0.25) is 19.2 Å². The maximum atomic E-state index is 15.1. The van der Waals surface area contributed by atoms with Gasteiger partial charge < -0.3 is 30.5 Å². The first-order valence-corrected chi connectivity index (χ1v) is 19.3. The maximum Gasteiger partial charge on any atom is 0.349 e. The van der Waals surface area contributed by atoms with Gasteiger partial charge >= 0.3 is 11.9 Å². The minimum atomic E-state index is -3.91. The number of nitrogens with zero attached hydrogens (tertiary/aromatic N) is 2. The van der Waals surface area contributed by atoms with Crippen molar-refractivity contribution in [1.82, 2.24) is 20.4 Å². The number of amides is 4. The molecule has 300 valence electrons. The molecule has 2 fully saturated rings. The lowest BCUT2D eigenvalue weighted by Crippen LogP contribution is -2.50. The standard InChI is InChI=1S/C42H50ClF2N5O6/c1-49(2)32-19-22-50(27-32)37(52)26-41(20-9-10-21-41)25-36(51)47-35(39(54)56-3)23-28-15-17-31(18-16-28)46-38(53)34(24-29-11-7-8-14-33(29)43)48-40(55)42(44,45)30-12-5-4-6-13-30/h4-8,11-18,32,34-35H,9-10,19-27H2,1-3H3,(H,46,53)(H,47,51)(H,48,55)/t32-,34-,35+/m0/s1. The summed E-state index contributed by atoms with van der Waals surface area (Å²) < 4.78 is 35.3. The summed E-state index contributed by atoms with van der Waals surface area (Å²) in [6.07, 6.45) is 4.61. The summed E-state index contributed by atoms with van der Waals surface area (Å²) in [5.74, 6) is -7.22. The van der Waals surface area contributed by atoms with Gasteiger partial charge in [0.15, 0.2) is 0 Å². The van der Waals surface area contributed by atoms with Gasteiger partial charge in [-0.25, -0.2) is 4.79 Å². The highest BCUT2D eigenvalue weighted by Crippen LogP contribution is 2.44. The molecule has 0 unspecified atom stereocenters. The Hall–Kier alpha value is -4.88. The lowest BCUT2D eigenvalue weighted by Gasteiger charge is -2.31. The fourth-order valence-electron chi connectivity index (χ4n) is 7.59. The molecule has 0 radical (unpaired) electrons. The molecule has 3 atom stereocenters. The summed E-state index contributed by atoms with van der Waals surface area (Å²) in [6.45, 7) is 1.37. The largest absolute Gasteiger partial charge is 0.467 e. The van der Waals surface area contributed by atoms with E-state index in [2.05, 4.69) is 20.9 Å². The van der Waals surface area contributed by atoms with Crippen LogP contribution >= 0.6 is 11.6 Å². The van der Waals surface area contributed by atoms with Crippen molar-refractivity contribution in [3.63, 3.8) is 0 Å². The van der Waals surface area contributed by atoms with Gasteiger partial charge in [-0.15, -0.1) is 0 Å². The Kier molecular flexibility index (Phi) is 14.2. The molecule has 3 N–H and O–H groups in total. The lowest BCUT2D eigenvalue weighted by atomic mass is 9.78. The third kappa shape index (κ3) is 10.9. The monoisotopic (exact) mass is 793 g/mol. The van der Waals surface area contributed by atoms with E-state index in [9.17, 15) is 24.0 Å². The third-order valence-electron chi connectivity index (χ3n) is 10.9. The molecule has 0 aromatic heterocycles. The second-order valence-electron chi connectivity index (χ2n) is 15.1. The van der Waals surface area contributed by atoms with Gasteiger partial charge in [0.05, 0.1) is 7.11 Å². The fourth-order valence-corrected chi connectivity index (χ4v) is 7.81. The maximum absolute atomic E-state index is 15.1. The van der Waals surface area contributed by atoms with E-state index in [0.29, 0.717) is 41.0 Å². The number of rotatable bonds is 16. The van der Waals surface area contributed by atoms with Crippen LogP contribution in [0.4, 0.5) is 14.5 Å². The first kappa shape index (κ1) is 42.3. The topological polar surface area (TPSA) is 137 Å². The summed E-state index contributed by atoms with van der Waals surface area (Å²) >= 11 is 6.32. The number of carbonyl (C=O) groups excluding carboxylic acids is 5. The Labute approximate surface area is 331 Å². The molecule has 1 heterocycles. The number of nitrogens with one attached hydrogen (secondary N) is 3. The Morgan fingerprint density at radius 3 is 2.18 bits per heavy atom. The van der Waals surface area contributed by atoms with E-state index < -0.39 is 46.8 Å². The average Bonchev–Trinajstić information content (AvgIpc) is 3.87. The van der Waals surface area contributed by atoms with E-state index in [4.69, 9.17) is 16.3 Å². The van der Waals surface area contributed by atoms with Gasteiger partial charge in [0, 0.05) is 61.1 Å². The summed E-state index contributed by atoms with van der Waals surface area (Å²) in [7, 11) is 5.26. The van der Waals surface area contributed by atoms with Gasteiger partial charge in [0.2, 0.25) is 17.7 Å². The summed E-state index contributed by atoms with van der Waals surface area (Å²) in [6, 6.07) is 17.5. The Morgan fingerprint density at radius 1 is 0.893 bits per heavy atom. The molecule has 1 saturated heterocycles. The van der Waals surface area contributed by atoms with Crippen molar-refractivity contribution in [3.05, 3.63) is 101 Å². The number of esters is 1. The Bertz CT molecular complexity index is 1860. The number of carbonyl (C=O) groups is 5. The number of hydrogen-bond acceptors (Lipinski definition) is 7. The van der Waals surface area contributed by atoms with Crippen LogP contribution in [-0.2, 0) is 47.5 Å². The van der Waals surface area contributed by atoms with E-state index in [1.807, 2.05) is 19.0 Å². The molecule has 14 heteroatoms. The van der Waals surface area contributed by atoms with Crippen molar-refractivity contribution in [3.8, 4) is 0 Å². The minimum Gasteiger partial charge on any atom is -0.467 e. The molecule has 0 spiro atoms. The number of halogens is 3. The van der Waals surface area contributed by atoms with Crippen LogP contribution < -0.4 is 16.0 Å². The van der Waals surface area contributed by atoms with Gasteiger partial charge in [0.1, 0.15) is 12.1 Å². The smallest absolute Gasteiger partial charge is 0.349 e. The summed E-state index contributed by atoms with van der Waals surface area (Å²) in [5.41, 5.74) is 0.416. The summed E-state index contributed by atoms with van der Waals surface area (Å²) in [4.78, 5) is 70.2. The molecule has 3 aromatic rings. The van der Waals surface area contributed by atoms with Crippen molar-refractivity contribution in [1.29, 1.82) is 0 Å². The molecule has 1 aliphatic heterocycles. The van der Waals surface area contributed by atoms with Crippen LogP contribution in [0.3, 0.4) is 0 Å². The first-order valence-electron chi connectivity index (χ1n) is 18.9. The highest BCUT2D eigenvalue weighted by molar-refractivity contribution is 6.31. The van der Waals surface area contributed by atoms with Crippen LogP contribution in [0.2, 0.25) is 5.02 Å². The van der Waals surface area contributed by atoms with Gasteiger partial charge in [-0.1, -0.05) is 85.1 Å². The van der Waals surface area contributed by atoms with Crippen LogP contribution in [0, 0.1) is 5.41 Å². The molecule has 1 aliphatic carbocycles. The number of alkyl halides is 2. The number of ether oxygens (including phenoxy) is 1. The zero-order valence-corrected chi connectivity index (χ0v) is 32.7. The number of anilines is 1. The SMILES string of the molecule is COC(=O)[C@@H](Cc1ccc(NC(=O)[C@H](Cc2ccccc2Cl)NC(=O)C(F)(F)c2ccccc2)cc1)NC(=O)CC1(CC(=O)N2CC[C@H](N(C)C)C2)CCCC1. The molecular weight excluding hydrogens is 744 g/mol. The predicted octanol–water partition coefficient (Wildman–Crippen LogP) is 5.50. The Balaban J connectivity index is 1.23. The quantitative estimate of drug-likeness (QED) is 0.163. The first-order chi connectivity index (χ1) is 26.7. The highest BCUT2D eigenvalue weighted by atomic mass is 35.5. The molecule has 2 aliphatic rings. The van der Waals surface area contributed by atoms with E-state index in [0.717, 1.165) is 44.2 Å². The van der Waals surface area contributed by atoms with Crippen molar-refractivity contribution < 1.29 is 37.5 Å². The second kappa shape index (κ2) is 18.8. The molecule has 4 amide bonds. The predicted molar refractivity (Wildman–Crippen MR) is 209 cm³/mol. The van der Waals surface area contributed by atoms with Crippen LogP contribution in [0.25, 0.3) is 0 Å². The number of hydrogen-bond donors (Lipinski definition) is 3. The lowest BCUT2D eigenvalue weighted by molar-refractivity contribution is -0.148. The zero-order valence-electron chi connectivity index (χ0n) is 32.0. The van der Waals surface area contributed by atoms with Crippen LogP contribution in [-0.4, -0.2) is 91.8 Å². The van der Waals surface area contributed by atoms with Gasteiger partial charge in [-0.2, -0.15) is 8.78 Å². The van der Waals surface area contributed by atoms with E-state index in [-0.39, 0.29) is 37.5 Å². The number of likely N-dealkylation sites (N-methyl/N-ethyl adjacent to an activating group) is 1. The van der Waals surface area contributed by atoms with Crippen molar-refractivity contribution in [2.24, 2.45) is 5.41 Å². The van der Waals surface area contributed by atoms with Crippen LogP contribution in [0.15, 0.2) is 78.9 Å². The third-order valence-corrected chi connectivity index (χ3v) is 11.2. The second-order valence-corrected chi connectivity index (χ2v) is 15.5. The van der Waals surface area contributed by atoms with Crippen molar-refractivity contribution >= 4 is 46.9 Å². The fraction of sp³-hybridized carbons (Fsp3) is 0.452.